The highest BCUT2D eigenvalue weighted by molar-refractivity contribution is 6.32. The fourth-order valence-electron chi connectivity index (χ4n) is 4.06. The molecule has 194 valence electrons. The molecule has 3 aromatic carbocycles. The highest BCUT2D eigenvalue weighted by Gasteiger charge is 2.29. The minimum Gasteiger partial charge on any atom is -0.497 e. The number of aliphatic carboxylic acids is 1. The molecule has 0 fully saturated rings. The maximum Gasteiger partial charge on any atom is 0.311 e. The maximum absolute atomic E-state index is 13.1. The van der Waals surface area contributed by atoms with Gasteiger partial charge in [-0.15, -0.1) is 0 Å². The zero-order valence-electron chi connectivity index (χ0n) is 20.6. The molecule has 0 saturated carbocycles. The number of hydroxylamine groups is 2. The highest BCUT2D eigenvalue weighted by atomic mass is 35.5. The number of carbonyl (C=O) groups is 2. The van der Waals surface area contributed by atoms with E-state index in [4.69, 9.17) is 30.6 Å². The number of methoxy groups -OCH3 is 1. The highest BCUT2D eigenvalue weighted by Crippen LogP contribution is 2.41. The number of hydrogen-bond donors (Lipinski definition) is 1. The number of hydrogen-bond acceptors (Lipinski definition) is 6. The van der Waals surface area contributed by atoms with Crippen molar-refractivity contribution in [2.75, 3.05) is 26.9 Å². The van der Waals surface area contributed by atoms with E-state index in [9.17, 15) is 14.7 Å². The Morgan fingerprint density at radius 2 is 1.78 bits per heavy atom. The Balaban J connectivity index is 1.43. The summed E-state index contributed by atoms with van der Waals surface area (Å²) in [5.41, 5.74) is 2.03. The first-order chi connectivity index (χ1) is 17.9. The number of carbonyl (C=O) groups excluding carboxylic acids is 1. The molecule has 3 aromatic rings. The number of nitrogens with zero attached hydrogens (tertiary/aromatic N) is 1. The first-order valence-electron chi connectivity index (χ1n) is 11.9. The normalized spacial score (nSPS) is 14.3. The van der Waals surface area contributed by atoms with Gasteiger partial charge in [-0.3, -0.25) is 14.4 Å². The van der Waals surface area contributed by atoms with Crippen LogP contribution in [0.2, 0.25) is 5.02 Å². The lowest BCUT2D eigenvalue weighted by molar-refractivity contribution is -0.139. The molecular formula is C28H28ClNO7. The zero-order chi connectivity index (χ0) is 26.4. The largest absolute Gasteiger partial charge is 0.497 e. The monoisotopic (exact) mass is 525 g/mol. The SMILES string of the molecule is CCON(CCc1ccc(OC)cc1)C(=O)c1ccc(Oc2cc3c(cc2Cl)C(C(=O)O)CCO3)cc1. The number of ether oxygens (including phenoxy) is 3. The summed E-state index contributed by atoms with van der Waals surface area (Å²) in [5, 5.41) is 11.1. The number of carboxylic acid groups (broad SMARTS) is 1. The van der Waals surface area contributed by atoms with Crippen LogP contribution in [0.15, 0.2) is 60.7 Å². The van der Waals surface area contributed by atoms with Crippen LogP contribution < -0.4 is 14.2 Å². The molecule has 0 aliphatic carbocycles. The van der Waals surface area contributed by atoms with Gasteiger partial charge in [-0.2, -0.15) is 0 Å². The van der Waals surface area contributed by atoms with Gasteiger partial charge in [0.1, 0.15) is 23.0 Å². The number of carboxylic acids is 1. The lowest BCUT2D eigenvalue weighted by Gasteiger charge is -2.24. The molecule has 37 heavy (non-hydrogen) atoms. The Morgan fingerprint density at radius 3 is 2.43 bits per heavy atom. The molecule has 0 spiro atoms. The van der Waals surface area contributed by atoms with Crippen molar-refractivity contribution in [1.29, 1.82) is 0 Å². The van der Waals surface area contributed by atoms with E-state index in [0.717, 1.165) is 11.3 Å². The van der Waals surface area contributed by atoms with Gasteiger partial charge in [-0.05, 0) is 67.8 Å². The number of amides is 1. The summed E-state index contributed by atoms with van der Waals surface area (Å²) >= 11 is 6.38. The maximum atomic E-state index is 13.1. The Labute approximate surface area is 220 Å². The van der Waals surface area contributed by atoms with E-state index >= 15 is 0 Å². The lowest BCUT2D eigenvalue weighted by atomic mass is 9.93. The standard InChI is InChI=1S/C28H28ClNO7/c1-3-36-30(14-12-18-4-8-20(34-2)9-5-18)27(31)19-6-10-21(11-7-19)37-26-17-25-23(16-24(26)29)22(28(32)33)13-15-35-25/h4-11,16-17,22H,3,12-15H2,1-2H3,(H,32,33). The molecule has 0 aromatic heterocycles. The first kappa shape index (κ1) is 26.3. The van der Waals surface area contributed by atoms with Crippen LogP contribution in [-0.4, -0.2) is 48.9 Å². The van der Waals surface area contributed by atoms with E-state index in [1.165, 1.54) is 5.06 Å². The minimum atomic E-state index is -0.917. The van der Waals surface area contributed by atoms with Gasteiger partial charge >= 0.3 is 5.97 Å². The molecule has 0 radical (unpaired) electrons. The lowest BCUT2D eigenvalue weighted by Crippen LogP contribution is -2.33. The van der Waals surface area contributed by atoms with Gasteiger partial charge in [-0.1, -0.05) is 23.7 Å². The van der Waals surface area contributed by atoms with Crippen molar-refractivity contribution in [3.05, 3.63) is 82.4 Å². The van der Waals surface area contributed by atoms with Crippen LogP contribution in [0.1, 0.15) is 40.7 Å². The van der Waals surface area contributed by atoms with Gasteiger partial charge in [0.25, 0.3) is 5.91 Å². The topological polar surface area (TPSA) is 94.5 Å². The van der Waals surface area contributed by atoms with Crippen molar-refractivity contribution in [1.82, 2.24) is 5.06 Å². The van der Waals surface area contributed by atoms with Crippen molar-refractivity contribution in [3.8, 4) is 23.0 Å². The average molecular weight is 526 g/mol. The summed E-state index contributed by atoms with van der Waals surface area (Å²) in [6.45, 7) is 2.88. The van der Waals surface area contributed by atoms with Crippen LogP contribution in [0.4, 0.5) is 0 Å². The van der Waals surface area contributed by atoms with Gasteiger partial charge in [0.15, 0.2) is 0 Å². The Bertz CT molecular complexity index is 1240. The Morgan fingerprint density at radius 1 is 1.08 bits per heavy atom. The molecule has 1 aliphatic heterocycles. The molecule has 8 nitrogen and oxygen atoms in total. The second kappa shape index (κ2) is 12.0. The van der Waals surface area contributed by atoms with E-state index in [1.807, 2.05) is 31.2 Å². The molecule has 1 heterocycles. The average Bonchev–Trinajstić information content (AvgIpc) is 2.91. The summed E-state index contributed by atoms with van der Waals surface area (Å²) in [6, 6.07) is 17.5. The van der Waals surface area contributed by atoms with E-state index < -0.39 is 11.9 Å². The van der Waals surface area contributed by atoms with Crippen molar-refractivity contribution in [2.45, 2.75) is 25.7 Å². The Hall–Kier alpha value is -3.75. The zero-order valence-corrected chi connectivity index (χ0v) is 21.4. The molecule has 4 rings (SSSR count). The van der Waals surface area contributed by atoms with Crippen LogP contribution in [0.3, 0.4) is 0 Å². The van der Waals surface area contributed by atoms with Gasteiger partial charge in [0.05, 0.1) is 37.8 Å². The van der Waals surface area contributed by atoms with E-state index in [1.54, 1.807) is 43.5 Å². The third-order valence-corrected chi connectivity index (χ3v) is 6.30. The second-order valence-corrected chi connectivity index (χ2v) is 8.81. The van der Waals surface area contributed by atoms with Crippen LogP contribution in [-0.2, 0) is 16.1 Å². The van der Waals surface area contributed by atoms with Gasteiger partial charge < -0.3 is 19.3 Å². The summed E-state index contributed by atoms with van der Waals surface area (Å²) in [6.07, 6.45) is 1.01. The molecule has 0 bridgehead atoms. The predicted molar refractivity (Wildman–Crippen MR) is 138 cm³/mol. The second-order valence-electron chi connectivity index (χ2n) is 8.40. The van der Waals surface area contributed by atoms with Crippen LogP contribution in [0.5, 0.6) is 23.0 Å². The summed E-state index contributed by atoms with van der Waals surface area (Å²) in [4.78, 5) is 30.2. The fraction of sp³-hybridized carbons (Fsp3) is 0.286. The molecule has 9 heteroatoms. The smallest absolute Gasteiger partial charge is 0.311 e. The van der Waals surface area contributed by atoms with Crippen molar-refractivity contribution in [3.63, 3.8) is 0 Å². The van der Waals surface area contributed by atoms with Crippen molar-refractivity contribution in [2.24, 2.45) is 0 Å². The third kappa shape index (κ3) is 6.34. The van der Waals surface area contributed by atoms with E-state index in [2.05, 4.69) is 0 Å². The van der Waals surface area contributed by atoms with Crippen LogP contribution in [0.25, 0.3) is 0 Å². The summed E-state index contributed by atoms with van der Waals surface area (Å²) in [5.74, 6) is 0.165. The Kier molecular flexibility index (Phi) is 8.53. The molecule has 1 unspecified atom stereocenters. The number of rotatable bonds is 10. The first-order valence-corrected chi connectivity index (χ1v) is 12.3. The number of halogens is 1. The predicted octanol–water partition coefficient (Wildman–Crippen LogP) is 5.73. The number of fused-ring (bicyclic) bond motifs is 1. The summed E-state index contributed by atoms with van der Waals surface area (Å²) < 4.78 is 16.7. The number of benzene rings is 3. The molecular weight excluding hydrogens is 498 g/mol. The van der Waals surface area contributed by atoms with Crippen LogP contribution in [0, 0.1) is 0 Å². The van der Waals surface area contributed by atoms with Gasteiger partial charge in [0.2, 0.25) is 0 Å². The molecule has 1 N–H and O–H groups in total. The van der Waals surface area contributed by atoms with E-state index in [0.29, 0.717) is 61.0 Å². The minimum absolute atomic E-state index is 0.262. The van der Waals surface area contributed by atoms with Crippen molar-refractivity contribution >= 4 is 23.5 Å². The van der Waals surface area contributed by atoms with E-state index in [-0.39, 0.29) is 10.9 Å². The van der Waals surface area contributed by atoms with Gasteiger partial charge in [0, 0.05) is 17.2 Å². The third-order valence-electron chi connectivity index (χ3n) is 6.01. The fourth-order valence-corrected chi connectivity index (χ4v) is 4.27. The summed E-state index contributed by atoms with van der Waals surface area (Å²) in [7, 11) is 1.62. The molecule has 0 saturated heterocycles. The van der Waals surface area contributed by atoms with Crippen molar-refractivity contribution < 1.29 is 33.7 Å². The molecule has 1 atom stereocenters. The van der Waals surface area contributed by atoms with Gasteiger partial charge in [-0.25, -0.2) is 5.06 Å². The molecule has 1 amide bonds. The quantitative estimate of drug-likeness (QED) is 0.338. The molecule has 1 aliphatic rings. The van der Waals surface area contributed by atoms with Crippen LogP contribution >= 0.6 is 11.6 Å².